The number of ether oxygens (including phenoxy) is 3. The summed E-state index contributed by atoms with van der Waals surface area (Å²) in [7, 11) is 1.58. The number of fused-ring (bicyclic) bond motifs is 3. The van der Waals surface area contributed by atoms with E-state index in [4.69, 9.17) is 14.2 Å². The van der Waals surface area contributed by atoms with Crippen molar-refractivity contribution in [1.82, 2.24) is 14.9 Å². The molecule has 1 aromatic heterocycles. The van der Waals surface area contributed by atoms with Crippen molar-refractivity contribution in [2.75, 3.05) is 19.0 Å². The molecule has 30 heavy (non-hydrogen) atoms. The van der Waals surface area contributed by atoms with Gasteiger partial charge in [-0.15, -0.1) is 0 Å². The molecule has 3 heterocycles. The summed E-state index contributed by atoms with van der Waals surface area (Å²) in [5.41, 5.74) is 2.28. The summed E-state index contributed by atoms with van der Waals surface area (Å²) < 4.78 is 18.7. The summed E-state index contributed by atoms with van der Waals surface area (Å²) in [5, 5.41) is 16.8. The van der Waals surface area contributed by atoms with Gasteiger partial charge in [0.1, 0.15) is 24.0 Å². The molecule has 156 valence electrons. The number of hydrogen-bond donors (Lipinski definition) is 3. The van der Waals surface area contributed by atoms with Crippen LogP contribution >= 0.6 is 0 Å². The highest BCUT2D eigenvalue weighted by Gasteiger charge is 2.51. The number of imidazole rings is 1. The predicted octanol–water partition coefficient (Wildman–Crippen LogP) is 1.89. The van der Waals surface area contributed by atoms with Gasteiger partial charge in [-0.1, -0.05) is 12.1 Å². The molecule has 0 aliphatic carbocycles. The van der Waals surface area contributed by atoms with E-state index >= 15 is 0 Å². The topological polar surface area (TPSA) is 107 Å². The average molecular weight is 410 g/mol. The van der Waals surface area contributed by atoms with Crippen molar-refractivity contribution in [3.8, 4) is 5.75 Å². The Morgan fingerprint density at radius 3 is 2.83 bits per heavy atom. The minimum atomic E-state index is -0.921. The van der Waals surface area contributed by atoms with Crippen LogP contribution in [0.4, 0.5) is 10.5 Å². The van der Waals surface area contributed by atoms with Gasteiger partial charge in [0, 0.05) is 5.69 Å². The Labute approximate surface area is 172 Å². The Bertz CT molecular complexity index is 1050. The first-order chi connectivity index (χ1) is 14.6. The molecule has 2 aliphatic rings. The molecule has 9 heteroatoms. The van der Waals surface area contributed by atoms with Crippen molar-refractivity contribution >= 4 is 22.8 Å². The van der Waals surface area contributed by atoms with Gasteiger partial charge in [-0.25, -0.2) is 9.78 Å². The van der Waals surface area contributed by atoms with Crippen LogP contribution in [-0.2, 0) is 9.47 Å². The fourth-order valence-corrected chi connectivity index (χ4v) is 4.08. The number of anilines is 1. The fourth-order valence-electron chi connectivity index (χ4n) is 4.08. The number of aromatic nitrogens is 2. The Balaban J connectivity index is 1.35. The monoisotopic (exact) mass is 410 g/mol. The second-order valence-corrected chi connectivity index (χ2v) is 7.35. The van der Waals surface area contributed by atoms with Crippen molar-refractivity contribution in [3.63, 3.8) is 0 Å². The molecule has 5 unspecified atom stereocenters. The lowest BCUT2D eigenvalue weighted by Crippen LogP contribution is -2.59. The number of methoxy groups -OCH3 is 1. The number of para-hydroxylation sites is 2. The van der Waals surface area contributed by atoms with Crippen molar-refractivity contribution in [2.45, 2.75) is 30.6 Å². The molecular formula is C21H22N4O5. The highest BCUT2D eigenvalue weighted by molar-refractivity contribution is 5.89. The molecule has 5 rings (SSSR count). The van der Waals surface area contributed by atoms with E-state index in [1.165, 1.54) is 0 Å². The summed E-state index contributed by atoms with van der Waals surface area (Å²) in [6, 6.07) is 13.0. The Morgan fingerprint density at radius 2 is 2.03 bits per heavy atom. The van der Waals surface area contributed by atoms with Gasteiger partial charge in [0.05, 0.1) is 37.1 Å². The maximum atomic E-state index is 12.6. The summed E-state index contributed by atoms with van der Waals surface area (Å²) in [6.07, 6.45) is -0.295. The third kappa shape index (κ3) is 3.26. The average Bonchev–Trinajstić information content (AvgIpc) is 3.38. The van der Waals surface area contributed by atoms with Gasteiger partial charge in [0.2, 0.25) is 0 Å². The highest BCUT2D eigenvalue weighted by atomic mass is 16.7. The number of nitrogens with one attached hydrogen (secondary N) is 2. The lowest BCUT2D eigenvalue weighted by Gasteiger charge is -2.39. The van der Waals surface area contributed by atoms with Crippen molar-refractivity contribution in [1.29, 1.82) is 0 Å². The van der Waals surface area contributed by atoms with Crippen molar-refractivity contribution < 1.29 is 24.1 Å². The first-order valence-corrected chi connectivity index (χ1v) is 9.72. The second-order valence-electron chi connectivity index (χ2n) is 7.35. The van der Waals surface area contributed by atoms with Crippen LogP contribution < -0.4 is 15.4 Å². The van der Waals surface area contributed by atoms with Crippen LogP contribution in [0.3, 0.4) is 0 Å². The number of amides is 2. The number of aliphatic hydroxyl groups is 1. The molecule has 3 aromatic rings. The largest absolute Gasteiger partial charge is 0.497 e. The fraction of sp³-hybridized carbons (Fsp3) is 0.333. The molecule has 2 aromatic carbocycles. The SMILES string of the molecule is COc1ccc(NC(=O)NC2C3COC(O3)C(n3cnc4ccccc43)C2O)cc1. The number of carbonyl (C=O) groups is 1. The molecular weight excluding hydrogens is 388 g/mol. The van der Waals surface area contributed by atoms with E-state index in [2.05, 4.69) is 15.6 Å². The van der Waals surface area contributed by atoms with E-state index in [1.54, 1.807) is 37.7 Å². The van der Waals surface area contributed by atoms with Crippen molar-refractivity contribution in [3.05, 3.63) is 54.9 Å². The Hall–Kier alpha value is -3.14. The van der Waals surface area contributed by atoms with E-state index in [1.807, 2.05) is 28.8 Å². The highest BCUT2D eigenvalue weighted by Crippen LogP contribution is 2.37. The number of nitrogens with zero attached hydrogens (tertiary/aromatic N) is 2. The maximum absolute atomic E-state index is 12.6. The number of rotatable bonds is 4. The van der Waals surface area contributed by atoms with Crippen LogP contribution in [0.1, 0.15) is 6.04 Å². The van der Waals surface area contributed by atoms with Gasteiger partial charge in [0.25, 0.3) is 0 Å². The molecule has 9 nitrogen and oxygen atoms in total. The molecule has 2 bridgehead atoms. The van der Waals surface area contributed by atoms with E-state index in [0.717, 1.165) is 11.0 Å². The number of aliphatic hydroxyl groups excluding tert-OH is 1. The van der Waals surface area contributed by atoms with Crippen LogP contribution in [0.2, 0.25) is 0 Å². The van der Waals surface area contributed by atoms with Crippen molar-refractivity contribution in [2.24, 2.45) is 0 Å². The number of benzene rings is 2. The van der Waals surface area contributed by atoms with E-state index in [9.17, 15) is 9.90 Å². The predicted molar refractivity (Wildman–Crippen MR) is 108 cm³/mol. The summed E-state index contributed by atoms with van der Waals surface area (Å²) in [4.78, 5) is 17.0. The molecule has 2 aliphatic heterocycles. The summed E-state index contributed by atoms with van der Waals surface area (Å²) in [5.74, 6) is 0.696. The zero-order valence-electron chi connectivity index (χ0n) is 16.3. The zero-order chi connectivity index (χ0) is 20.7. The molecule has 0 spiro atoms. The van der Waals surface area contributed by atoms with Crippen LogP contribution in [0, 0.1) is 0 Å². The van der Waals surface area contributed by atoms with Gasteiger partial charge >= 0.3 is 6.03 Å². The lowest BCUT2D eigenvalue weighted by molar-refractivity contribution is -0.162. The normalized spacial score (nSPS) is 27.7. The minimum Gasteiger partial charge on any atom is -0.497 e. The summed E-state index contributed by atoms with van der Waals surface area (Å²) in [6.45, 7) is 0.290. The number of hydrogen-bond acceptors (Lipinski definition) is 6. The molecule has 2 amide bonds. The third-order valence-corrected chi connectivity index (χ3v) is 5.58. The quantitative estimate of drug-likeness (QED) is 0.607. The minimum absolute atomic E-state index is 0.290. The number of urea groups is 1. The number of carbonyl (C=O) groups excluding carboxylic acids is 1. The Morgan fingerprint density at radius 1 is 1.23 bits per heavy atom. The zero-order valence-corrected chi connectivity index (χ0v) is 16.3. The van der Waals surface area contributed by atoms with Crippen LogP contribution in [0.5, 0.6) is 5.75 Å². The summed E-state index contributed by atoms with van der Waals surface area (Å²) >= 11 is 0. The first kappa shape index (κ1) is 18.9. The van der Waals surface area contributed by atoms with Gasteiger partial charge in [0.15, 0.2) is 6.29 Å². The smallest absolute Gasteiger partial charge is 0.319 e. The third-order valence-electron chi connectivity index (χ3n) is 5.58. The van der Waals surface area contributed by atoms with E-state index in [0.29, 0.717) is 18.0 Å². The first-order valence-electron chi connectivity index (χ1n) is 9.72. The maximum Gasteiger partial charge on any atom is 0.319 e. The molecule has 0 radical (unpaired) electrons. The van der Waals surface area contributed by atoms with Gasteiger partial charge in [-0.3, -0.25) is 0 Å². The van der Waals surface area contributed by atoms with Gasteiger partial charge in [-0.05, 0) is 36.4 Å². The molecule has 5 atom stereocenters. The van der Waals surface area contributed by atoms with Crippen LogP contribution in [-0.4, -0.2) is 58.9 Å². The Kier molecular flexibility index (Phi) is 4.78. The van der Waals surface area contributed by atoms with E-state index < -0.39 is 36.6 Å². The molecule has 2 fully saturated rings. The van der Waals surface area contributed by atoms with Crippen LogP contribution in [0.15, 0.2) is 54.9 Å². The second kappa shape index (κ2) is 7.60. The van der Waals surface area contributed by atoms with Gasteiger partial charge in [-0.2, -0.15) is 0 Å². The lowest BCUT2D eigenvalue weighted by atomic mass is 9.96. The van der Waals surface area contributed by atoms with Crippen LogP contribution in [0.25, 0.3) is 11.0 Å². The molecule has 2 saturated heterocycles. The van der Waals surface area contributed by atoms with Gasteiger partial charge < -0.3 is 34.5 Å². The molecule has 0 saturated carbocycles. The standard InChI is InChI=1S/C21H22N4O5/c1-28-13-8-6-12(7-9-13)23-21(27)24-17-16-10-29-20(30-16)18(19(17)26)25-11-22-14-4-2-3-5-15(14)25/h2-9,11,16-20,26H,10H2,1H3,(H2,23,24,27). The molecule has 3 N–H and O–H groups in total. The van der Waals surface area contributed by atoms with E-state index in [-0.39, 0.29) is 0 Å².